The van der Waals surface area contributed by atoms with Crippen LogP contribution in [0.3, 0.4) is 0 Å². The monoisotopic (exact) mass is 382 g/mol. The van der Waals surface area contributed by atoms with Gasteiger partial charge in [-0.25, -0.2) is 4.39 Å². The van der Waals surface area contributed by atoms with Crippen LogP contribution in [0.4, 0.5) is 10.1 Å². The van der Waals surface area contributed by atoms with Crippen molar-refractivity contribution in [2.75, 3.05) is 18.5 Å². The molecule has 2 aliphatic rings. The van der Waals surface area contributed by atoms with Gasteiger partial charge in [-0.2, -0.15) is 0 Å². The Morgan fingerprint density at radius 1 is 1.25 bits per heavy atom. The van der Waals surface area contributed by atoms with Gasteiger partial charge in [-0.3, -0.25) is 4.79 Å². The molecule has 5 heteroatoms. The molecule has 2 aromatic carbocycles. The molecule has 4 nitrogen and oxygen atoms in total. The van der Waals surface area contributed by atoms with E-state index in [2.05, 4.69) is 24.5 Å². The molecule has 0 unspecified atom stereocenters. The number of hydrogen-bond donors (Lipinski definition) is 2. The minimum absolute atomic E-state index is 0.149. The SMILES string of the molecule is CCOc1ccc2c(c1)CCN[C@H]2C(=O)Nc1cc(F)c2c(c1)CCC2(C)C. The Morgan fingerprint density at radius 3 is 2.86 bits per heavy atom. The number of halogens is 1. The molecule has 1 atom stereocenters. The third kappa shape index (κ3) is 3.39. The predicted octanol–water partition coefficient (Wildman–Crippen LogP) is 4.27. The van der Waals surface area contributed by atoms with Gasteiger partial charge in [-0.1, -0.05) is 19.9 Å². The van der Waals surface area contributed by atoms with Crippen LogP contribution >= 0.6 is 0 Å². The summed E-state index contributed by atoms with van der Waals surface area (Å²) in [6, 6.07) is 8.78. The van der Waals surface area contributed by atoms with Gasteiger partial charge in [-0.05, 0) is 78.1 Å². The standard InChI is InChI=1S/C23H27FN2O2/c1-4-28-17-5-6-18-14(12-17)8-10-25-21(18)22(27)26-16-11-15-7-9-23(2,3)20(15)19(24)13-16/h5-6,11-13,21,25H,4,7-10H2,1-3H3,(H,26,27)/t21-/m1/s1. The summed E-state index contributed by atoms with van der Waals surface area (Å²) in [6.07, 6.45) is 2.62. The maximum absolute atomic E-state index is 14.7. The second-order valence-corrected chi connectivity index (χ2v) is 8.30. The largest absolute Gasteiger partial charge is 0.494 e. The normalized spacial score (nSPS) is 19.6. The summed E-state index contributed by atoms with van der Waals surface area (Å²) in [5, 5.41) is 6.20. The minimum Gasteiger partial charge on any atom is -0.494 e. The number of ether oxygens (including phenoxy) is 1. The third-order valence-corrected chi connectivity index (χ3v) is 5.88. The zero-order chi connectivity index (χ0) is 19.9. The Bertz CT molecular complexity index is 923. The highest BCUT2D eigenvalue weighted by atomic mass is 19.1. The van der Waals surface area contributed by atoms with Gasteiger partial charge in [-0.15, -0.1) is 0 Å². The summed E-state index contributed by atoms with van der Waals surface area (Å²) >= 11 is 0. The van der Waals surface area contributed by atoms with Crippen molar-refractivity contribution in [1.82, 2.24) is 5.32 Å². The van der Waals surface area contributed by atoms with E-state index in [1.165, 1.54) is 6.07 Å². The van der Waals surface area contributed by atoms with Crippen molar-refractivity contribution in [3.05, 3.63) is 58.4 Å². The van der Waals surface area contributed by atoms with Crippen molar-refractivity contribution in [2.45, 2.75) is 51.5 Å². The minimum atomic E-state index is -0.452. The molecule has 1 heterocycles. The number of nitrogens with one attached hydrogen (secondary N) is 2. The second kappa shape index (κ2) is 7.21. The van der Waals surface area contributed by atoms with Crippen LogP contribution in [0.15, 0.2) is 30.3 Å². The molecule has 4 rings (SSSR count). The van der Waals surface area contributed by atoms with Crippen LogP contribution in [-0.2, 0) is 23.1 Å². The molecular formula is C23H27FN2O2. The number of anilines is 1. The van der Waals surface area contributed by atoms with Gasteiger partial charge in [0.25, 0.3) is 0 Å². The van der Waals surface area contributed by atoms with Gasteiger partial charge in [0.15, 0.2) is 0 Å². The number of benzene rings is 2. The summed E-state index contributed by atoms with van der Waals surface area (Å²) in [6.45, 7) is 7.42. The van der Waals surface area contributed by atoms with Gasteiger partial charge >= 0.3 is 0 Å². The van der Waals surface area contributed by atoms with E-state index in [4.69, 9.17) is 4.74 Å². The Hall–Kier alpha value is -2.40. The molecule has 0 saturated heterocycles. The number of carbonyl (C=O) groups is 1. The first-order valence-electron chi connectivity index (χ1n) is 10.0. The molecule has 0 fully saturated rings. The smallest absolute Gasteiger partial charge is 0.246 e. The quantitative estimate of drug-likeness (QED) is 0.830. The number of fused-ring (bicyclic) bond motifs is 2. The van der Waals surface area contributed by atoms with E-state index >= 15 is 0 Å². The van der Waals surface area contributed by atoms with Gasteiger partial charge in [0.05, 0.1) is 6.61 Å². The lowest BCUT2D eigenvalue weighted by molar-refractivity contribution is -0.118. The van der Waals surface area contributed by atoms with Crippen LogP contribution < -0.4 is 15.4 Å². The first-order chi connectivity index (χ1) is 13.4. The number of amides is 1. The number of carbonyl (C=O) groups excluding carboxylic acids is 1. The van der Waals surface area contributed by atoms with Gasteiger partial charge in [0.2, 0.25) is 5.91 Å². The van der Waals surface area contributed by atoms with E-state index in [9.17, 15) is 9.18 Å². The molecule has 1 aliphatic heterocycles. The van der Waals surface area contributed by atoms with Crippen LogP contribution in [-0.4, -0.2) is 19.1 Å². The van der Waals surface area contributed by atoms with E-state index in [1.54, 1.807) is 0 Å². The molecule has 2 aromatic rings. The fraction of sp³-hybridized carbons (Fsp3) is 0.435. The molecule has 0 spiro atoms. The summed E-state index contributed by atoms with van der Waals surface area (Å²) in [5.74, 6) is 0.431. The van der Waals surface area contributed by atoms with Crippen molar-refractivity contribution in [3.63, 3.8) is 0 Å². The van der Waals surface area contributed by atoms with Crippen LogP contribution in [0.25, 0.3) is 0 Å². The molecule has 0 bridgehead atoms. The Balaban J connectivity index is 1.57. The van der Waals surface area contributed by atoms with Crippen LogP contribution in [0.1, 0.15) is 55.5 Å². The van der Waals surface area contributed by atoms with Crippen LogP contribution in [0, 0.1) is 5.82 Å². The van der Waals surface area contributed by atoms with E-state index in [-0.39, 0.29) is 17.1 Å². The van der Waals surface area contributed by atoms with Gasteiger partial charge < -0.3 is 15.4 Å². The molecule has 0 aromatic heterocycles. The lowest BCUT2D eigenvalue weighted by atomic mass is 9.86. The molecule has 2 N–H and O–H groups in total. The lowest BCUT2D eigenvalue weighted by Crippen LogP contribution is -2.38. The Morgan fingerprint density at radius 2 is 2.07 bits per heavy atom. The first-order valence-corrected chi connectivity index (χ1v) is 10.0. The topological polar surface area (TPSA) is 50.4 Å². The molecule has 0 saturated carbocycles. The molecular weight excluding hydrogens is 355 g/mol. The summed E-state index contributed by atoms with van der Waals surface area (Å²) in [4.78, 5) is 13.0. The van der Waals surface area contributed by atoms with Crippen LogP contribution in [0.5, 0.6) is 5.75 Å². The second-order valence-electron chi connectivity index (χ2n) is 8.30. The number of rotatable bonds is 4. The summed E-state index contributed by atoms with van der Waals surface area (Å²) in [7, 11) is 0. The van der Waals surface area contributed by atoms with E-state index in [0.717, 1.165) is 47.3 Å². The van der Waals surface area contributed by atoms with Crippen molar-refractivity contribution < 1.29 is 13.9 Å². The predicted molar refractivity (Wildman–Crippen MR) is 108 cm³/mol. The van der Waals surface area contributed by atoms with Crippen molar-refractivity contribution in [1.29, 1.82) is 0 Å². The van der Waals surface area contributed by atoms with Crippen molar-refractivity contribution in [2.24, 2.45) is 0 Å². The Labute approximate surface area is 165 Å². The molecule has 1 aliphatic carbocycles. The molecule has 28 heavy (non-hydrogen) atoms. The highest BCUT2D eigenvalue weighted by molar-refractivity contribution is 5.96. The highest BCUT2D eigenvalue weighted by Crippen LogP contribution is 2.41. The van der Waals surface area contributed by atoms with E-state index in [0.29, 0.717) is 18.8 Å². The Kier molecular flexibility index (Phi) is 4.88. The number of hydrogen-bond acceptors (Lipinski definition) is 3. The zero-order valence-corrected chi connectivity index (χ0v) is 16.7. The van der Waals surface area contributed by atoms with Crippen LogP contribution in [0.2, 0.25) is 0 Å². The average molecular weight is 382 g/mol. The van der Waals surface area contributed by atoms with Crippen molar-refractivity contribution in [3.8, 4) is 5.75 Å². The molecule has 1 amide bonds. The maximum atomic E-state index is 14.7. The third-order valence-electron chi connectivity index (χ3n) is 5.88. The average Bonchev–Trinajstić information content (AvgIpc) is 2.96. The maximum Gasteiger partial charge on any atom is 0.246 e. The molecule has 148 valence electrons. The first kappa shape index (κ1) is 18.9. The van der Waals surface area contributed by atoms with E-state index in [1.807, 2.05) is 31.2 Å². The van der Waals surface area contributed by atoms with Gasteiger partial charge in [0, 0.05) is 12.2 Å². The molecule has 0 radical (unpaired) electrons. The summed E-state index contributed by atoms with van der Waals surface area (Å²) in [5.41, 5.74) is 4.23. The summed E-state index contributed by atoms with van der Waals surface area (Å²) < 4.78 is 20.3. The zero-order valence-electron chi connectivity index (χ0n) is 16.7. The van der Waals surface area contributed by atoms with Crippen molar-refractivity contribution >= 4 is 11.6 Å². The fourth-order valence-electron chi connectivity index (χ4n) is 4.51. The van der Waals surface area contributed by atoms with E-state index < -0.39 is 6.04 Å². The highest BCUT2D eigenvalue weighted by Gasteiger charge is 2.33. The van der Waals surface area contributed by atoms with Gasteiger partial charge in [0.1, 0.15) is 17.6 Å². The fourth-order valence-corrected chi connectivity index (χ4v) is 4.51. The lowest BCUT2D eigenvalue weighted by Gasteiger charge is -2.27. The number of aryl methyl sites for hydroxylation is 1.